The minimum atomic E-state index is 0.628. The van der Waals surface area contributed by atoms with Crippen LogP contribution in [0.2, 0.25) is 5.02 Å². The van der Waals surface area contributed by atoms with Crippen LogP contribution in [0.25, 0.3) is 0 Å². The summed E-state index contributed by atoms with van der Waals surface area (Å²) >= 11 is 5.96. The zero-order valence-electron chi connectivity index (χ0n) is 10.5. The van der Waals surface area contributed by atoms with Gasteiger partial charge in [-0.05, 0) is 36.7 Å². The fourth-order valence-corrected chi connectivity index (χ4v) is 2.37. The van der Waals surface area contributed by atoms with Crippen molar-refractivity contribution in [2.24, 2.45) is 0 Å². The van der Waals surface area contributed by atoms with Crippen molar-refractivity contribution in [3.05, 3.63) is 46.7 Å². The molecule has 5 heteroatoms. The predicted octanol–water partition coefficient (Wildman–Crippen LogP) is 2.56. The Balaban J connectivity index is 1.84. The second-order valence-electron chi connectivity index (χ2n) is 4.55. The van der Waals surface area contributed by atoms with Gasteiger partial charge < -0.3 is 10.6 Å². The van der Waals surface area contributed by atoms with E-state index >= 15 is 0 Å². The van der Waals surface area contributed by atoms with E-state index in [0.29, 0.717) is 11.0 Å². The van der Waals surface area contributed by atoms with Crippen molar-refractivity contribution >= 4 is 23.2 Å². The molecule has 1 aromatic carbocycles. The van der Waals surface area contributed by atoms with Crippen LogP contribution in [-0.4, -0.2) is 23.1 Å². The number of rotatable bonds is 2. The van der Waals surface area contributed by atoms with E-state index in [-0.39, 0.29) is 0 Å². The van der Waals surface area contributed by atoms with Gasteiger partial charge in [-0.2, -0.15) is 0 Å². The first kappa shape index (κ1) is 12.4. The number of halogens is 1. The fourth-order valence-electron chi connectivity index (χ4n) is 2.18. The number of nitrogens with one attached hydrogen (secondary N) is 2. The molecule has 0 spiro atoms. The Morgan fingerprint density at radius 2 is 2.11 bits per heavy atom. The summed E-state index contributed by atoms with van der Waals surface area (Å²) in [5.74, 6) is 0.628. The van der Waals surface area contributed by atoms with Crippen molar-refractivity contribution in [1.82, 2.24) is 15.3 Å². The lowest BCUT2D eigenvalue weighted by atomic mass is 10.1. The van der Waals surface area contributed by atoms with Crippen LogP contribution in [0.3, 0.4) is 0 Å². The van der Waals surface area contributed by atoms with Crippen molar-refractivity contribution in [3.63, 3.8) is 0 Å². The molecule has 98 valence electrons. The average molecular weight is 275 g/mol. The van der Waals surface area contributed by atoms with Gasteiger partial charge in [0, 0.05) is 29.9 Å². The van der Waals surface area contributed by atoms with Gasteiger partial charge in [0.05, 0.1) is 5.69 Å². The molecule has 0 unspecified atom stereocenters. The van der Waals surface area contributed by atoms with Crippen molar-refractivity contribution in [2.45, 2.75) is 12.8 Å². The monoisotopic (exact) mass is 274 g/mol. The SMILES string of the molecule is Clc1cccc(Nc2ncc3c(n2)CCNCC3)c1. The van der Waals surface area contributed by atoms with Crippen LogP contribution in [0.5, 0.6) is 0 Å². The number of hydrogen-bond acceptors (Lipinski definition) is 4. The Morgan fingerprint density at radius 3 is 3.00 bits per heavy atom. The van der Waals surface area contributed by atoms with Crippen LogP contribution in [0, 0.1) is 0 Å². The van der Waals surface area contributed by atoms with Crippen LogP contribution in [-0.2, 0) is 12.8 Å². The Morgan fingerprint density at radius 1 is 1.21 bits per heavy atom. The van der Waals surface area contributed by atoms with E-state index in [4.69, 9.17) is 11.6 Å². The molecule has 1 aliphatic heterocycles. The van der Waals surface area contributed by atoms with Gasteiger partial charge in [0.2, 0.25) is 5.95 Å². The van der Waals surface area contributed by atoms with Gasteiger partial charge in [-0.1, -0.05) is 17.7 Å². The molecule has 2 aromatic rings. The summed E-state index contributed by atoms with van der Waals surface area (Å²) in [6, 6.07) is 7.55. The van der Waals surface area contributed by atoms with E-state index in [9.17, 15) is 0 Å². The van der Waals surface area contributed by atoms with Crippen molar-refractivity contribution in [3.8, 4) is 0 Å². The predicted molar refractivity (Wildman–Crippen MR) is 77.0 cm³/mol. The Labute approximate surface area is 117 Å². The average Bonchev–Trinajstić information content (AvgIpc) is 2.63. The van der Waals surface area contributed by atoms with Crippen molar-refractivity contribution in [1.29, 1.82) is 0 Å². The first-order chi connectivity index (χ1) is 9.31. The minimum absolute atomic E-state index is 0.628. The van der Waals surface area contributed by atoms with Crippen LogP contribution < -0.4 is 10.6 Å². The highest BCUT2D eigenvalue weighted by molar-refractivity contribution is 6.30. The molecule has 1 aliphatic rings. The molecule has 3 rings (SSSR count). The number of nitrogens with zero attached hydrogens (tertiary/aromatic N) is 2. The number of benzene rings is 1. The Hall–Kier alpha value is -1.65. The van der Waals surface area contributed by atoms with Crippen molar-refractivity contribution in [2.75, 3.05) is 18.4 Å². The van der Waals surface area contributed by atoms with E-state index in [1.165, 1.54) is 5.56 Å². The minimum Gasteiger partial charge on any atom is -0.324 e. The van der Waals surface area contributed by atoms with Gasteiger partial charge >= 0.3 is 0 Å². The summed E-state index contributed by atoms with van der Waals surface area (Å²) in [5.41, 5.74) is 3.27. The largest absolute Gasteiger partial charge is 0.324 e. The van der Waals surface area contributed by atoms with Crippen LogP contribution in [0.15, 0.2) is 30.5 Å². The fraction of sp³-hybridized carbons (Fsp3) is 0.286. The number of aromatic nitrogens is 2. The molecule has 0 saturated carbocycles. The third kappa shape index (κ3) is 3.03. The van der Waals surface area contributed by atoms with Gasteiger partial charge in [0.25, 0.3) is 0 Å². The molecule has 0 radical (unpaired) electrons. The normalized spacial score (nSPS) is 14.6. The molecule has 0 saturated heterocycles. The first-order valence-electron chi connectivity index (χ1n) is 6.39. The maximum absolute atomic E-state index is 5.96. The maximum atomic E-state index is 5.96. The van der Waals surface area contributed by atoms with Crippen LogP contribution in [0.4, 0.5) is 11.6 Å². The highest BCUT2D eigenvalue weighted by atomic mass is 35.5. The zero-order chi connectivity index (χ0) is 13.1. The Bertz CT molecular complexity index is 585. The van der Waals surface area contributed by atoms with Gasteiger partial charge in [0.15, 0.2) is 0 Å². The zero-order valence-corrected chi connectivity index (χ0v) is 11.2. The van der Waals surface area contributed by atoms with E-state index in [2.05, 4.69) is 20.6 Å². The lowest BCUT2D eigenvalue weighted by molar-refractivity contribution is 0.708. The summed E-state index contributed by atoms with van der Waals surface area (Å²) < 4.78 is 0. The molecule has 0 aliphatic carbocycles. The number of fused-ring (bicyclic) bond motifs is 1. The summed E-state index contributed by atoms with van der Waals surface area (Å²) in [5, 5.41) is 7.25. The molecule has 0 amide bonds. The molecule has 1 aromatic heterocycles. The van der Waals surface area contributed by atoms with Gasteiger partial charge in [-0.15, -0.1) is 0 Å². The summed E-state index contributed by atoms with van der Waals surface area (Å²) in [4.78, 5) is 8.96. The third-order valence-corrected chi connectivity index (χ3v) is 3.38. The summed E-state index contributed by atoms with van der Waals surface area (Å²) in [6.45, 7) is 1.97. The van der Waals surface area contributed by atoms with Crippen LogP contribution in [0.1, 0.15) is 11.3 Å². The second-order valence-corrected chi connectivity index (χ2v) is 4.99. The lowest BCUT2D eigenvalue weighted by Gasteiger charge is -2.08. The topological polar surface area (TPSA) is 49.8 Å². The second kappa shape index (κ2) is 5.55. The molecule has 0 atom stereocenters. The molecule has 2 heterocycles. The van der Waals surface area contributed by atoms with Gasteiger partial charge in [0.1, 0.15) is 0 Å². The molecule has 0 fully saturated rings. The quantitative estimate of drug-likeness (QED) is 0.884. The summed E-state index contributed by atoms with van der Waals surface area (Å²) in [7, 11) is 0. The van der Waals surface area contributed by atoms with E-state index < -0.39 is 0 Å². The van der Waals surface area contributed by atoms with Crippen LogP contribution >= 0.6 is 11.6 Å². The molecule has 4 nitrogen and oxygen atoms in total. The van der Waals surface area contributed by atoms with E-state index in [1.807, 2.05) is 30.5 Å². The third-order valence-electron chi connectivity index (χ3n) is 3.14. The standard InChI is InChI=1S/C14H15ClN4/c15-11-2-1-3-12(8-11)18-14-17-9-10-4-6-16-7-5-13(10)19-14/h1-3,8-9,16H,4-7H2,(H,17,18,19). The Kier molecular flexibility index (Phi) is 3.62. The van der Waals surface area contributed by atoms with Gasteiger partial charge in [-0.3, -0.25) is 0 Å². The number of anilines is 2. The summed E-state index contributed by atoms with van der Waals surface area (Å²) in [6.07, 6.45) is 3.86. The molecular weight excluding hydrogens is 260 g/mol. The molecule has 2 N–H and O–H groups in total. The van der Waals surface area contributed by atoms with Gasteiger partial charge in [-0.25, -0.2) is 9.97 Å². The van der Waals surface area contributed by atoms with E-state index in [1.54, 1.807) is 0 Å². The van der Waals surface area contributed by atoms with E-state index in [0.717, 1.165) is 37.3 Å². The van der Waals surface area contributed by atoms with Crippen molar-refractivity contribution < 1.29 is 0 Å². The maximum Gasteiger partial charge on any atom is 0.227 e. The molecule has 0 bridgehead atoms. The smallest absolute Gasteiger partial charge is 0.227 e. The highest BCUT2D eigenvalue weighted by Gasteiger charge is 2.10. The highest BCUT2D eigenvalue weighted by Crippen LogP contribution is 2.19. The first-order valence-corrected chi connectivity index (χ1v) is 6.77. The molecule has 19 heavy (non-hydrogen) atoms. The number of hydrogen-bond donors (Lipinski definition) is 2. The lowest BCUT2D eigenvalue weighted by Crippen LogP contribution is -2.16. The molecular formula is C14H15ClN4.